The highest BCUT2D eigenvalue weighted by Gasteiger charge is 2.16. The number of hydrogen-bond donors (Lipinski definition) is 2. The highest BCUT2D eigenvalue weighted by Crippen LogP contribution is 2.10. The Labute approximate surface area is 163 Å². The van der Waals surface area contributed by atoms with Crippen molar-refractivity contribution in [3.8, 4) is 0 Å². The van der Waals surface area contributed by atoms with E-state index in [9.17, 15) is 19.2 Å². The summed E-state index contributed by atoms with van der Waals surface area (Å²) in [6.45, 7) is 6.73. The van der Waals surface area contributed by atoms with Crippen LogP contribution in [0.2, 0.25) is 0 Å². The van der Waals surface area contributed by atoms with Gasteiger partial charge in [0.2, 0.25) is 0 Å². The van der Waals surface area contributed by atoms with Crippen LogP contribution in [0.15, 0.2) is 24.3 Å². The maximum absolute atomic E-state index is 11.8. The molecule has 0 radical (unpaired) electrons. The van der Waals surface area contributed by atoms with Gasteiger partial charge in [0, 0.05) is 12.2 Å². The molecule has 0 saturated heterocycles. The first-order chi connectivity index (χ1) is 13.1. The number of hydrogen-bond acceptors (Lipinski definition) is 7. The fourth-order valence-electron chi connectivity index (χ4n) is 1.90. The summed E-state index contributed by atoms with van der Waals surface area (Å²) in [6, 6.07) is 6.11. The van der Waals surface area contributed by atoms with Crippen molar-refractivity contribution in [2.45, 2.75) is 39.7 Å². The van der Waals surface area contributed by atoms with Gasteiger partial charge >= 0.3 is 18.0 Å². The molecule has 0 heterocycles. The van der Waals surface area contributed by atoms with Crippen LogP contribution in [0, 0.1) is 0 Å². The number of carbonyl (C=O) groups is 4. The van der Waals surface area contributed by atoms with Crippen LogP contribution in [-0.2, 0) is 23.8 Å². The van der Waals surface area contributed by atoms with Gasteiger partial charge in [0.1, 0.15) is 5.60 Å². The van der Waals surface area contributed by atoms with Crippen LogP contribution in [-0.4, -0.2) is 49.3 Å². The van der Waals surface area contributed by atoms with Gasteiger partial charge in [-0.1, -0.05) is 0 Å². The van der Waals surface area contributed by atoms with Crippen molar-refractivity contribution in [3.63, 3.8) is 0 Å². The van der Waals surface area contributed by atoms with E-state index in [0.717, 1.165) is 0 Å². The Morgan fingerprint density at radius 2 is 1.64 bits per heavy atom. The summed E-state index contributed by atoms with van der Waals surface area (Å²) in [6.07, 6.45) is -0.731. The Balaban J connectivity index is 2.29. The molecular formula is C19H26N2O7. The van der Waals surface area contributed by atoms with E-state index in [1.54, 1.807) is 27.7 Å². The Kier molecular flexibility index (Phi) is 8.94. The second kappa shape index (κ2) is 10.9. The second-order valence-electron chi connectivity index (χ2n) is 6.69. The molecule has 0 atom stereocenters. The first kappa shape index (κ1) is 22.9. The van der Waals surface area contributed by atoms with Gasteiger partial charge in [-0.2, -0.15) is 0 Å². The van der Waals surface area contributed by atoms with Gasteiger partial charge in [-0.25, -0.2) is 9.59 Å². The highest BCUT2D eigenvalue weighted by molar-refractivity contribution is 5.94. The molecule has 0 aliphatic heterocycles. The van der Waals surface area contributed by atoms with Crippen molar-refractivity contribution >= 4 is 29.6 Å². The Bertz CT molecular complexity index is 693. The normalized spacial score (nSPS) is 10.6. The monoisotopic (exact) mass is 394 g/mol. The summed E-state index contributed by atoms with van der Waals surface area (Å²) >= 11 is 0. The summed E-state index contributed by atoms with van der Waals surface area (Å²) in [5.74, 6) is -1.62. The predicted octanol–water partition coefficient (Wildman–Crippen LogP) is 2.26. The highest BCUT2D eigenvalue weighted by atomic mass is 16.6. The fourth-order valence-corrected chi connectivity index (χ4v) is 1.90. The smallest absolute Gasteiger partial charge is 0.407 e. The lowest BCUT2D eigenvalue weighted by Crippen LogP contribution is -2.34. The quantitative estimate of drug-likeness (QED) is 0.512. The van der Waals surface area contributed by atoms with E-state index in [1.165, 1.54) is 24.3 Å². The second-order valence-corrected chi connectivity index (χ2v) is 6.69. The van der Waals surface area contributed by atoms with Crippen LogP contribution in [0.5, 0.6) is 0 Å². The van der Waals surface area contributed by atoms with Gasteiger partial charge in [0.15, 0.2) is 6.61 Å². The van der Waals surface area contributed by atoms with Crippen LogP contribution < -0.4 is 10.6 Å². The number of carbonyl (C=O) groups excluding carboxylic acids is 4. The van der Waals surface area contributed by atoms with Crippen LogP contribution in [0.3, 0.4) is 0 Å². The third-order valence-electron chi connectivity index (χ3n) is 3.04. The molecule has 0 aliphatic rings. The molecule has 0 saturated carbocycles. The van der Waals surface area contributed by atoms with Crippen molar-refractivity contribution in [3.05, 3.63) is 29.8 Å². The van der Waals surface area contributed by atoms with Gasteiger partial charge in [-0.05, 0) is 52.0 Å². The molecule has 1 aromatic carbocycles. The van der Waals surface area contributed by atoms with E-state index < -0.39 is 36.1 Å². The standard InChI is InChI=1S/C19H26N2O7/c1-5-26-17(24)13-6-8-14(9-7-13)21-15(22)12-27-16(23)10-11-20-18(25)28-19(2,3)4/h6-9H,5,10-12H2,1-4H3,(H,20,25)(H,21,22). The van der Waals surface area contributed by atoms with Crippen LogP contribution in [0.4, 0.5) is 10.5 Å². The minimum absolute atomic E-state index is 0.0324. The fraction of sp³-hybridized carbons (Fsp3) is 0.474. The predicted molar refractivity (Wildman–Crippen MR) is 101 cm³/mol. The topological polar surface area (TPSA) is 120 Å². The summed E-state index contributed by atoms with van der Waals surface area (Å²) in [7, 11) is 0. The molecule has 28 heavy (non-hydrogen) atoms. The molecule has 0 fully saturated rings. The number of rotatable bonds is 8. The van der Waals surface area contributed by atoms with Crippen molar-refractivity contribution in [1.82, 2.24) is 5.32 Å². The SMILES string of the molecule is CCOC(=O)c1ccc(NC(=O)COC(=O)CCNC(=O)OC(C)(C)C)cc1. The Morgan fingerprint density at radius 3 is 2.21 bits per heavy atom. The molecule has 0 aromatic heterocycles. The first-order valence-electron chi connectivity index (χ1n) is 8.80. The Morgan fingerprint density at radius 1 is 1.00 bits per heavy atom. The summed E-state index contributed by atoms with van der Waals surface area (Å²) < 4.78 is 14.7. The average Bonchev–Trinajstić information content (AvgIpc) is 2.59. The van der Waals surface area contributed by atoms with Crippen molar-refractivity contribution < 1.29 is 33.4 Å². The number of nitrogens with one attached hydrogen (secondary N) is 2. The molecule has 154 valence electrons. The minimum atomic E-state index is -0.635. The minimum Gasteiger partial charge on any atom is -0.462 e. The Hall–Kier alpha value is -3.10. The van der Waals surface area contributed by atoms with E-state index in [1.807, 2.05) is 0 Å². The zero-order valence-electron chi connectivity index (χ0n) is 16.5. The molecule has 9 heteroatoms. The van der Waals surface area contributed by atoms with E-state index in [2.05, 4.69) is 10.6 Å². The number of benzene rings is 1. The molecule has 9 nitrogen and oxygen atoms in total. The van der Waals surface area contributed by atoms with Crippen molar-refractivity contribution in [2.24, 2.45) is 0 Å². The molecule has 0 spiro atoms. The van der Waals surface area contributed by atoms with Gasteiger partial charge in [0.05, 0.1) is 18.6 Å². The van der Waals surface area contributed by atoms with Crippen molar-refractivity contribution in [1.29, 1.82) is 0 Å². The molecule has 1 aromatic rings. The summed E-state index contributed by atoms with van der Waals surface area (Å²) in [5, 5.41) is 4.96. The van der Waals surface area contributed by atoms with E-state index in [4.69, 9.17) is 14.2 Å². The maximum Gasteiger partial charge on any atom is 0.407 e. The van der Waals surface area contributed by atoms with E-state index >= 15 is 0 Å². The summed E-state index contributed by atoms with van der Waals surface area (Å²) in [5.41, 5.74) is 0.182. The zero-order chi connectivity index (χ0) is 21.2. The maximum atomic E-state index is 11.8. The van der Waals surface area contributed by atoms with Crippen molar-refractivity contribution in [2.75, 3.05) is 25.1 Å². The molecule has 2 amide bonds. The van der Waals surface area contributed by atoms with E-state index in [-0.39, 0.29) is 19.6 Å². The van der Waals surface area contributed by atoms with Crippen LogP contribution in [0.25, 0.3) is 0 Å². The first-order valence-corrected chi connectivity index (χ1v) is 8.80. The molecule has 1 rings (SSSR count). The van der Waals surface area contributed by atoms with Crippen LogP contribution >= 0.6 is 0 Å². The average molecular weight is 394 g/mol. The third kappa shape index (κ3) is 9.56. The van der Waals surface area contributed by atoms with Crippen LogP contribution in [0.1, 0.15) is 44.5 Å². The lowest BCUT2D eigenvalue weighted by molar-refractivity contribution is -0.147. The number of amides is 2. The number of anilines is 1. The van der Waals surface area contributed by atoms with Gasteiger partial charge in [-0.15, -0.1) is 0 Å². The molecule has 0 unspecified atom stereocenters. The lowest BCUT2D eigenvalue weighted by Gasteiger charge is -2.19. The summed E-state index contributed by atoms with van der Waals surface area (Å²) in [4.78, 5) is 46.4. The number of esters is 2. The third-order valence-corrected chi connectivity index (χ3v) is 3.04. The van der Waals surface area contributed by atoms with Gasteiger partial charge in [-0.3, -0.25) is 9.59 Å². The van der Waals surface area contributed by atoms with Gasteiger partial charge in [0.25, 0.3) is 5.91 Å². The van der Waals surface area contributed by atoms with Gasteiger partial charge < -0.3 is 24.8 Å². The molecule has 2 N–H and O–H groups in total. The van der Waals surface area contributed by atoms with E-state index in [0.29, 0.717) is 11.3 Å². The lowest BCUT2D eigenvalue weighted by atomic mass is 10.2. The molecule has 0 bridgehead atoms. The molecule has 0 aliphatic carbocycles. The number of ether oxygens (including phenoxy) is 3. The largest absolute Gasteiger partial charge is 0.462 e. The zero-order valence-corrected chi connectivity index (χ0v) is 16.5. The molecular weight excluding hydrogens is 368 g/mol. The number of alkyl carbamates (subject to hydrolysis) is 1.